The van der Waals surface area contributed by atoms with Gasteiger partial charge in [0.05, 0.1) is 0 Å². The van der Waals surface area contributed by atoms with Crippen LogP contribution < -0.4 is 16.4 Å². The largest absolute Gasteiger partial charge is 0.244 e. The van der Waals surface area contributed by atoms with Crippen molar-refractivity contribution < 1.29 is 0 Å². The molecule has 1 heterocycles. The fourth-order valence-corrected chi connectivity index (χ4v) is 8.42. The standard InChI is InChI=1S/C48H33BS/c1-4-12-34(13-5-1)41-30-42(35-14-6-2-7-15-35)32-43(31-41)39-26-22-37(23-27-39)36-20-24-38(25-21-36)40-28-29-46-48(33-40)50-47-19-11-10-18-45(47)49(46)44-16-8-3-9-17-44/h1-33H. The SMILES string of the molecule is c1ccc(B2c3ccccc3Sc3cc(-c4ccc(-c5ccc(-c6cc(-c7ccccc7)cc(-c7ccccc7)c6)cc5)cc4)ccc32)cc1. The zero-order valence-electron chi connectivity index (χ0n) is 27.5. The molecule has 0 fully saturated rings. The highest BCUT2D eigenvalue weighted by Gasteiger charge is 2.31. The van der Waals surface area contributed by atoms with Crippen molar-refractivity contribution in [2.24, 2.45) is 0 Å². The van der Waals surface area contributed by atoms with E-state index < -0.39 is 0 Å². The molecule has 0 N–H and O–H groups in total. The van der Waals surface area contributed by atoms with Gasteiger partial charge in [-0.1, -0.05) is 198 Å². The molecule has 0 spiro atoms. The molecule has 0 radical (unpaired) electrons. The van der Waals surface area contributed by atoms with Gasteiger partial charge in [0.2, 0.25) is 6.71 Å². The third-order valence-electron chi connectivity index (χ3n) is 9.82. The summed E-state index contributed by atoms with van der Waals surface area (Å²) in [6.45, 7) is 0.244. The molecule has 8 aromatic rings. The van der Waals surface area contributed by atoms with Gasteiger partial charge in [0.1, 0.15) is 0 Å². The van der Waals surface area contributed by atoms with Crippen LogP contribution in [0, 0.1) is 0 Å². The van der Waals surface area contributed by atoms with E-state index in [1.54, 1.807) is 0 Å². The summed E-state index contributed by atoms with van der Waals surface area (Å²) in [5, 5.41) is 0. The summed E-state index contributed by atoms with van der Waals surface area (Å²) in [7, 11) is 0. The minimum absolute atomic E-state index is 0.244. The van der Waals surface area contributed by atoms with Gasteiger partial charge in [0, 0.05) is 9.79 Å². The van der Waals surface area contributed by atoms with Crippen molar-refractivity contribution >= 4 is 34.9 Å². The van der Waals surface area contributed by atoms with Crippen LogP contribution in [0.3, 0.4) is 0 Å². The first-order valence-electron chi connectivity index (χ1n) is 17.2. The molecule has 1 aliphatic heterocycles. The minimum atomic E-state index is 0.244. The Labute approximate surface area is 299 Å². The number of benzene rings is 8. The molecule has 0 atom stereocenters. The molecule has 9 rings (SSSR count). The zero-order chi connectivity index (χ0) is 33.3. The predicted molar refractivity (Wildman–Crippen MR) is 215 cm³/mol. The monoisotopic (exact) mass is 652 g/mol. The predicted octanol–water partition coefficient (Wildman–Crippen LogP) is 11.0. The highest BCUT2D eigenvalue weighted by atomic mass is 32.2. The van der Waals surface area contributed by atoms with E-state index in [1.807, 2.05) is 11.8 Å². The Morgan fingerprint density at radius 2 is 0.640 bits per heavy atom. The Hall–Kier alpha value is -5.83. The van der Waals surface area contributed by atoms with Crippen molar-refractivity contribution in [1.82, 2.24) is 0 Å². The van der Waals surface area contributed by atoms with E-state index in [2.05, 4.69) is 200 Å². The molecule has 1 aliphatic rings. The maximum Gasteiger partial charge on any atom is 0.244 e. The van der Waals surface area contributed by atoms with Crippen molar-refractivity contribution in [3.63, 3.8) is 0 Å². The fourth-order valence-electron chi connectivity index (χ4n) is 7.24. The minimum Gasteiger partial charge on any atom is -0.0911 e. The zero-order valence-corrected chi connectivity index (χ0v) is 28.4. The van der Waals surface area contributed by atoms with Crippen LogP contribution in [0.4, 0.5) is 0 Å². The summed E-state index contributed by atoms with van der Waals surface area (Å²) in [5.41, 5.74) is 16.3. The molecule has 0 unspecified atom stereocenters. The van der Waals surface area contributed by atoms with Gasteiger partial charge in [-0.2, -0.15) is 0 Å². The Morgan fingerprint density at radius 1 is 0.260 bits per heavy atom. The highest BCUT2D eigenvalue weighted by molar-refractivity contribution is 8.00. The fraction of sp³-hybridized carbons (Fsp3) is 0. The van der Waals surface area contributed by atoms with Crippen LogP contribution in [-0.2, 0) is 0 Å². The van der Waals surface area contributed by atoms with Crippen LogP contribution in [-0.4, -0.2) is 6.71 Å². The third-order valence-corrected chi connectivity index (χ3v) is 11.0. The maximum absolute atomic E-state index is 2.38. The van der Waals surface area contributed by atoms with Gasteiger partial charge in [-0.15, -0.1) is 0 Å². The highest BCUT2D eigenvalue weighted by Crippen LogP contribution is 2.36. The second-order valence-electron chi connectivity index (χ2n) is 12.9. The van der Waals surface area contributed by atoms with Gasteiger partial charge in [-0.05, 0) is 86.0 Å². The van der Waals surface area contributed by atoms with Gasteiger partial charge < -0.3 is 0 Å². The van der Waals surface area contributed by atoms with E-state index in [-0.39, 0.29) is 6.71 Å². The molecule has 0 saturated heterocycles. The van der Waals surface area contributed by atoms with Gasteiger partial charge >= 0.3 is 0 Å². The molecular formula is C48H33BS. The van der Waals surface area contributed by atoms with Crippen molar-refractivity contribution in [2.45, 2.75) is 9.79 Å². The number of fused-ring (bicyclic) bond motifs is 2. The van der Waals surface area contributed by atoms with E-state index in [9.17, 15) is 0 Å². The Morgan fingerprint density at radius 3 is 1.18 bits per heavy atom. The summed E-state index contributed by atoms with van der Waals surface area (Å²) in [5.74, 6) is 0. The summed E-state index contributed by atoms with van der Waals surface area (Å²) in [6.07, 6.45) is 0. The number of hydrogen-bond donors (Lipinski definition) is 0. The first-order chi connectivity index (χ1) is 24.8. The van der Waals surface area contributed by atoms with Crippen molar-refractivity contribution in [3.8, 4) is 55.6 Å². The first-order valence-corrected chi connectivity index (χ1v) is 18.0. The Kier molecular flexibility index (Phi) is 8.01. The molecule has 0 aromatic heterocycles. The lowest BCUT2D eigenvalue weighted by Gasteiger charge is -2.26. The molecule has 234 valence electrons. The summed E-state index contributed by atoms with van der Waals surface area (Å²) in [6, 6.07) is 73.0. The van der Waals surface area contributed by atoms with E-state index in [4.69, 9.17) is 0 Å². The molecule has 0 bridgehead atoms. The molecule has 50 heavy (non-hydrogen) atoms. The van der Waals surface area contributed by atoms with Gasteiger partial charge in [0.15, 0.2) is 0 Å². The molecule has 0 aliphatic carbocycles. The smallest absolute Gasteiger partial charge is 0.0911 e. The van der Waals surface area contributed by atoms with Crippen molar-refractivity contribution in [1.29, 1.82) is 0 Å². The van der Waals surface area contributed by atoms with E-state index >= 15 is 0 Å². The molecule has 8 aromatic carbocycles. The Balaban J connectivity index is 1.00. The molecule has 0 saturated carbocycles. The topological polar surface area (TPSA) is 0 Å². The lowest BCUT2D eigenvalue weighted by Crippen LogP contribution is -2.55. The maximum atomic E-state index is 2.38. The molecule has 0 amide bonds. The van der Waals surface area contributed by atoms with Crippen LogP contribution in [0.5, 0.6) is 0 Å². The van der Waals surface area contributed by atoms with E-state index in [1.165, 1.54) is 81.8 Å². The molecular weight excluding hydrogens is 619 g/mol. The summed E-state index contributed by atoms with van der Waals surface area (Å²) in [4.78, 5) is 2.68. The van der Waals surface area contributed by atoms with Gasteiger partial charge in [-0.25, -0.2) is 0 Å². The van der Waals surface area contributed by atoms with Crippen LogP contribution in [0.25, 0.3) is 55.6 Å². The van der Waals surface area contributed by atoms with Gasteiger partial charge in [-0.3, -0.25) is 0 Å². The summed E-state index contributed by atoms with van der Waals surface area (Å²) >= 11 is 1.89. The van der Waals surface area contributed by atoms with E-state index in [0.717, 1.165) is 0 Å². The van der Waals surface area contributed by atoms with Crippen LogP contribution in [0.15, 0.2) is 210 Å². The van der Waals surface area contributed by atoms with Crippen molar-refractivity contribution in [3.05, 3.63) is 200 Å². The average Bonchev–Trinajstić information content (AvgIpc) is 3.20. The summed E-state index contributed by atoms with van der Waals surface area (Å²) < 4.78 is 0. The number of hydrogen-bond acceptors (Lipinski definition) is 1. The van der Waals surface area contributed by atoms with Crippen molar-refractivity contribution in [2.75, 3.05) is 0 Å². The van der Waals surface area contributed by atoms with Crippen LogP contribution >= 0.6 is 11.8 Å². The molecule has 0 nitrogen and oxygen atoms in total. The Bertz CT molecular complexity index is 2360. The lowest BCUT2D eigenvalue weighted by atomic mass is 9.36. The quantitative estimate of drug-likeness (QED) is 0.161. The molecule has 2 heteroatoms. The first kappa shape index (κ1) is 30.2. The van der Waals surface area contributed by atoms with Gasteiger partial charge in [0.25, 0.3) is 0 Å². The second kappa shape index (κ2) is 13.2. The average molecular weight is 653 g/mol. The second-order valence-corrected chi connectivity index (χ2v) is 14.0. The van der Waals surface area contributed by atoms with E-state index in [0.29, 0.717) is 0 Å². The lowest BCUT2D eigenvalue weighted by molar-refractivity contribution is 1.43. The van der Waals surface area contributed by atoms with Crippen LogP contribution in [0.1, 0.15) is 0 Å². The third kappa shape index (κ3) is 5.89. The van der Waals surface area contributed by atoms with Crippen LogP contribution in [0.2, 0.25) is 0 Å². The number of rotatable bonds is 6. The normalized spacial score (nSPS) is 11.9.